The van der Waals surface area contributed by atoms with Gasteiger partial charge in [0.25, 0.3) is 6.41 Å². The maximum Gasteiger partial charge on any atom is 0.324 e. The lowest BCUT2D eigenvalue weighted by molar-refractivity contribution is -0.161. The van der Waals surface area contributed by atoms with Crippen molar-refractivity contribution < 1.29 is 23.8 Å². The summed E-state index contributed by atoms with van der Waals surface area (Å²) in [5, 5.41) is 8.72. The van der Waals surface area contributed by atoms with E-state index in [4.69, 9.17) is 30.9 Å². The van der Waals surface area contributed by atoms with E-state index in [-0.39, 0.29) is 25.1 Å². The number of hydrogen-bond donors (Lipinski definition) is 2. The molecule has 1 aliphatic heterocycles. The lowest BCUT2D eigenvalue weighted by Gasteiger charge is -2.13. The maximum absolute atomic E-state index is 12.5. The average Bonchev–Trinajstić information content (AvgIpc) is 3.12. The van der Waals surface area contributed by atoms with Crippen LogP contribution < -0.4 is 20.9 Å². The Morgan fingerprint density at radius 1 is 1.27 bits per heavy atom. The third-order valence-electron chi connectivity index (χ3n) is 4.50. The van der Waals surface area contributed by atoms with Crippen molar-refractivity contribution in [1.82, 2.24) is 9.97 Å². The van der Waals surface area contributed by atoms with E-state index < -0.39 is 24.3 Å². The van der Waals surface area contributed by atoms with E-state index in [9.17, 15) is 9.59 Å². The molecule has 1 aromatic heterocycles. The second kappa shape index (κ2) is 9.67. The molecule has 2 heterocycles. The molecule has 10 nitrogen and oxygen atoms in total. The molecule has 2 atom stereocenters. The number of unbranched alkanes of at least 4 members (excludes halogenated alkanes) is 1. The minimum absolute atomic E-state index is 0.0673. The number of aromatic nitrogens is 2. The van der Waals surface area contributed by atoms with Crippen LogP contribution in [0.2, 0.25) is 0 Å². The normalized spacial score (nSPS) is 15.3. The molecule has 2 unspecified atom stereocenters. The van der Waals surface area contributed by atoms with Crippen molar-refractivity contribution in [2.24, 2.45) is 5.73 Å². The van der Waals surface area contributed by atoms with Crippen molar-refractivity contribution >= 4 is 17.6 Å². The van der Waals surface area contributed by atoms with Gasteiger partial charge in [0.1, 0.15) is 11.7 Å². The fourth-order valence-electron chi connectivity index (χ4n) is 3.02. The molecule has 156 valence electrons. The standard InChI is InChI=1S/C20H21N5O5/c21-9-2-1-4-13(18-24-10-3-11-25-18)19(27)29-15(26)8-6-12-5-7-14-17(16(12)22)30-20(23)28-14/h3,5,7,10-11,13,20H,1-2,4,6,8,22-23H2. The Hall–Kier alpha value is -3.71. The van der Waals surface area contributed by atoms with Gasteiger partial charge in [-0.1, -0.05) is 6.07 Å². The number of benzene rings is 1. The van der Waals surface area contributed by atoms with Gasteiger partial charge in [-0.25, -0.2) is 9.97 Å². The molecular weight excluding hydrogens is 390 g/mol. The summed E-state index contributed by atoms with van der Waals surface area (Å²) < 4.78 is 15.5. The number of carbonyl (C=O) groups is 2. The molecular formula is C20H21N5O5. The summed E-state index contributed by atoms with van der Waals surface area (Å²) in [6, 6.07) is 7.00. The summed E-state index contributed by atoms with van der Waals surface area (Å²) in [5.41, 5.74) is 12.6. The fourth-order valence-corrected chi connectivity index (χ4v) is 3.02. The molecule has 0 saturated heterocycles. The fraction of sp³-hybridized carbons (Fsp3) is 0.350. The first-order chi connectivity index (χ1) is 14.5. The van der Waals surface area contributed by atoms with Crippen molar-refractivity contribution in [2.45, 2.75) is 44.4 Å². The molecule has 0 bridgehead atoms. The number of ether oxygens (including phenoxy) is 3. The van der Waals surface area contributed by atoms with Crippen LogP contribution in [0.5, 0.6) is 11.5 Å². The number of fused-ring (bicyclic) bond motifs is 1. The van der Waals surface area contributed by atoms with Gasteiger partial charge < -0.3 is 19.9 Å². The van der Waals surface area contributed by atoms with E-state index in [0.717, 1.165) is 0 Å². The highest BCUT2D eigenvalue weighted by Gasteiger charge is 2.28. The number of aryl methyl sites for hydroxylation is 1. The van der Waals surface area contributed by atoms with Crippen LogP contribution in [0, 0.1) is 11.3 Å². The number of rotatable bonds is 8. The summed E-state index contributed by atoms with van der Waals surface area (Å²) in [7, 11) is 0. The monoisotopic (exact) mass is 411 g/mol. The summed E-state index contributed by atoms with van der Waals surface area (Å²) in [5.74, 6) is -1.23. The summed E-state index contributed by atoms with van der Waals surface area (Å²) in [6.07, 6.45) is 3.30. The topological polar surface area (TPSA) is 163 Å². The number of hydrogen-bond acceptors (Lipinski definition) is 10. The van der Waals surface area contributed by atoms with Gasteiger partial charge in [-0.05, 0) is 37.0 Å². The lowest BCUT2D eigenvalue weighted by Crippen LogP contribution is -2.28. The summed E-state index contributed by atoms with van der Waals surface area (Å²) >= 11 is 0. The van der Waals surface area contributed by atoms with Crippen LogP contribution >= 0.6 is 0 Å². The first-order valence-corrected chi connectivity index (χ1v) is 9.38. The van der Waals surface area contributed by atoms with Crippen molar-refractivity contribution in [1.29, 1.82) is 5.26 Å². The second-order valence-electron chi connectivity index (χ2n) is 6.57. The zero-order valence-electron chi connectivity index (χ0n) is 16.1. The molecule has 4 N–H and O–H groups in total. The zero-order valence-corrected chi connectivity index (χ0v) is 16.1. The molecule has 0 fully saturated rings. The highest BCUT2D eigenvalue weighted by molar-refractivity contribution is 5.89. The van der Waals surface area contributed by atoms with Crippen LogP contribution in [-0.4, -0.2) is 28.3 Å². The lowest BCUT2D eigenvalue weighted by atomic mass is 10.0. The van der Waals surface area contributed by atoms with Crippen molar-refractivity contribution in [2.75, 3.05) is 5.73 Å². The Labute approximate surface area is 172 Å². The van der Waals surface area contributed by atoms with Crippen molar-refractivity contribution in [3.63, 3.8) is 0 Å². The van der Waals surface area contributed by atoms with Gasteiger partial charge in [0.15, 0.2) is 11.5 Å². The Morgan fingerprint density at radius 2 is 2.03 bits per heavy atom. The summed E-state index contributed by atoms with van der Waals surface area (Å²) in [4.78, 5) is 32.9. The molecule has 3 rings (SSSR count). The number of esters is 2. The van der Waals surface area contributed by atoms with Gasteiger partial charge in [-0.3, -0.25) is 15.3 Å². The van der Waals surface area contributed by atoms with Gasteiger partial charge in [0.05, 0.1) is 18.2 Å². The van der Waals surface area contributed by atoms with Gasteiger partial charge in [0, 0.05) is 18.8 Å². The number of anilines is 1. The minimum atomic E-state index is -0.918. The molecule has 1 aliphatic rings. The third-order valence-corrected chi connectivity index (χ3v) is 4.50. The average molecular weight is 411 g/mol. The van der Waals surface area contributed by atoms with Crippen molar-refractivity contribution in [3.8, 4) is 17.6 Å². The maximum atomic E-state index is 12.5. The van der Waals surface area contributed by atoms with E-state index in [0.29, 0.717) is 35.6 Å². The molecule has 30 heavy (non-hydrogen) atoms. The van der Waals surface area contributed by atoms with E-state index >= 15 is 0 Å². The van der Waals surface area contributed by atoms with Gasteiger partial charge in [-0.15, -0.1) is 0 Å². The largest absolute Gasteiger partial charge is 0.438 e. The predicted molar refractivity (Wildman–Crippen MR) is 104 cm³/mol. The molecule has 1 aromatic carbocycles. The van der Waals surface area contributed by atoms with Crippen LogP contribution in [-0.2, 0) is 20.7 Å². The zero-order chi connectivity index (χ0) is 21.5. The van der Waals surface area contributed by atoms with Gasteiger partial charge in [0.2, 0.25) is 0 Å². The molecule has 2 aromatic rings. The molecule has 0 aliphatic carbocycles. The Bertz CT molecular complexity index is 960. The molecule has 0 saturated carbocycles. The number of nitrogen functional groups attached to an aromatic ring is 1. The molecule has 0 spiro atoms. The van der Waals surface area contributed by atoms with Crippen LogP contribution in [0.1, 0.15) is 43.0 Å². The van der Waals surface area contributed by atoms with Crippen LogP contribution in [0.3, 0.4) is 0 Å². The van der Waals surface area contributed by atoms with E-state index in [1.807, 2.05) is 6.07 Å². The molecule has 10 heteroatoms. The minimum Gasteiger partial charge on any atom is -0.438 e. The number of nitriles is 1. The number of nitrogens with two attached hydrogens (primary N) is 2. The third kappa shape index (κ3) is 5.01. The highest BCUT2D eigenvalue weighted by Crippen LogP contribution is 2.41. The van der Waals surface area contributed by atoms with E-state index in [2.05, 4.69) is 9.97 Å². The van der Waals surface area contributed by atoms with Gasteiger partial charge in [-0.2, -0.15) is 5.26 Å². The smallest absolute Gasteiger partial charge is 0.324 e. The number of carbonyl (C=O) groups excluding carboxylic acids is 2. The van der Waals surface area contributed by atoms with E-state index in [1.165, 1.54) is 12.4 Å². The first kappa shape index (κ1) is 21.0. The Morgan fingerprint density at radius 3 is 2.77 bits per heavy atom. The Kier molecular flexibility index (Phi) is 6.77. The summed E-state index contributed by atoms with van der Waals surface area (Å²) in [6.45, 7) is 0. The second-order valence-corrected chi connectivity index (χ2v) is 6.57. The van der Waals surface area contributed by atoms with Gasteiger partial charge >= 0.3 is 11.9 Å². The van der Waals surface area contributed by atoms with Crippen LogP contribution in [0.15, 0.2) is 30.6 Å². The number of nitrogens with zero attached hydrogens (tertiary/aromatic N) is 3. The van der Waals surface area contributed by atoms with Crippen molar-refractivity contribution in [3.05, 3.63) is 42.0 Å². The predicted octanol–water partition coefficient (Wildman–Crippen LogP) is 1.55. The quantitative estimate of drug-likeness (QED) is 0.282. The molecule has 0 amide bonds. The highest BCUT2D eigenvalue weighted by atomic mass is 16.7. The molecule has 0 radical (unpaired) electrons. The SMILES string of the molecule is N#CCCCC(C(=O)OC(=O)CCc1ccc2c(c1N)OC(N)O2)c1ncccn1. The first-order valence-electron chi connectivity index (χ1n) is 9.38. The Balaban J connectivity index is 1.60. The van der Waals surface area contributed by atoms with E-state index in [1.54, 1.807) is 18.2 Å². The van der Waals surface area contributed by atoms with Crippen LogP contribution in [0.4, 0.5) is 5.69 Å². The van der Waals surface area contributed by atoms with Crippen LogP contribution in [0.25, 0.3) is 0 Å².